The monoisotopic (exact) mass is 350 g/mol. The number of aliphatic carboxylic acids is 1. The van der Waals surface area contributed by atoms with Gasteiger partial charge in [-0.15, -0.1) is 0 Å². The van der Waals surface area contributed by atoms with E-state index in [1.807, 2.05) is 0 Å². The third kappa shape index (κ3) is 2.50. The first-order valence-corrected chi connectivity index (χ1v) is 10.4. The standard InChI is InChI=1S/C21H34O4/c1-20-9-7-13(22)11-12(20)3-4-14-15-5-6-17(18(23)19(24)25)21(15,2)10-8-16(14)20/h12-18,22-23H,3-11H2,1-2H3,(H,24,25)/t12-,13+,14-,15-,16-,17+,18+,20-,21-/m0/s1. The molecular formula is C21H34O4. The summed E-state index contributed by atoms with van der Waals surface area (Å²) in [6.07, 6.45) is 8.36. The molecule has 4 fully saturated rings. The highest BCUT2D eigenvalue weighted by Gasteiger charge is 2.61. The summed E-state index contributed by atoms with van der Waals surface area (Å²) >= 11 is 0. The van der Waals surface area contributed by atoms with E-state index >= 15 is 0 Å². The van der Waals surface area contributed by atoms with Crippen molar-refractivity contribution in [1.82, 2.24) is 0 Å². The molecule has 4 heteroatoms. The third-order valence-corrected chi connectivity index (χ3v) is 9.35. The SMILES string of the molecule is C[C@]12CC[C@@H](O)C[C@@H]1CC[C@@H]1[C@@H]2CC[C@]2(C)[C@@H]([C@@H](O)C(=O)O)CC[C@@H]12. The van der Waals surface area contributed by atoms with Gasteiger partial charge in [0.25, 0.3) is 0 Å². The fourth-order valence-corrected chi connectivity index (χ4v) is 7.97. The summed E-state index contributed by atoms with van der Waals surface area (Å²) in [5, 5.41) is 29.7. The number of hydrogen-bond acceptors (Lipinski definition) is 3. The molecule has 4 aliphatic carbocycles. The molecule has 4 rings (SSSR count). The number of aliphatic hydroxyl groups excluding tert-OH is 2. The van der Waals surface area contributed by atoms with Gasteiger partial charge in [-0.1, -0.05) is 13.8 Å². The average Bonchev–Trinajstić information content (AvgIpc) is 2.92. The largest absolute Gasteiger partial charge is 0.479 e. The van der Waals surface area contributed by atoms with Crippen LogP contribution in [0, 0.1) is 40.4 Å². The van der Waals surface area contributed by atoms with Crippen molar-refractivity contribution < 1.29 is 20.1 Å². The van der Waals surface area contributed by atoms with E-state index in [-0.39, 0.29) is 17.4 Å². The molecule has 25 heavy (non-hydrogen) atoms. The summed E-state index contributed by atoms with van der Waals surface area (Å²) < 4.78 is 0. The molecule has 0 aromatic carbocycles. The Hall–Kier alpha value is -0.610. The average molecular weight is 350 g/mol. The van der Waals surface area contributed by atoms with E-state index in [1.54, 1.807) is 0 Å². The van der Waals surface area contributed by atoms with Crippen LogP contribution in [0.3, 0.4) is 0 Å². The Balaban J connectivity index is 1.59. The Bertz CT molecular complexity index is 548. The molecule has 9 atom stereocenters. The second kappa shape index (κ2) is 5.95. The van der Waals surface area contributed by atoms with E-state index in [0.717, 1.165) is 44.4 Å². The lowest BCUT2D eigenvalue weighted by Gasteiger charge is -2.61. The number of carboxylic acid groups (broad SMARTS) is 1. The van der Waals surface area contributed by atoms with Crippen molar-refractivity contribution in [3.8, 4) is 0 Å². The maximum absolute atomic E-state index is 11.4. The van der Waals surface area contributed by atoms with E-state index in [2.05, 4.69) is 13.8 Å². The van der Waals surface area contributed by atoms with Crippen LogP contribution in [-0.2, 0) is 4.79 Å². The topological polar surface area (TPSA) is 77.8 Å². The van der Waals surface area contributed by atoms with Crippen LogP contribution in [-0.4, -0.2) is 33.5 Å². The molecule has 0 radical (unpaired) electrons. The molecule has 0 bridgehead atoms. The second-order valence-corrected chi connectivity index (χ2v) is 10.1. The minimum atomic E-state index is -1.21. The number of carbonyl (C=O) groups is 1. The highest BCUT2D eigenvalue weighted by Crippen LogP contribution is 2.67. The smallest absolute Gasteiger partial charge is 0.332 e. The van der Waals surface area contributed by atoms with Gasteiger partial charge in [0.2, 0.25) is 0 Å². The van der Waals surface area contributed by atoms with E-state index in [1.165, 1.54) is 19.3 Å². The Morgan fingerprint density at radius 3 is 2.36 bits per heavy atom. The predicted octanol–water partition coefficient (Wildman–Crippen LogP) is 3.45. The third-order valence-electron chi connectivity index (χ3n) is 9.35. The summed E-state index contributed by atoms with van der Waals surface area (Å²) in [7, 11) is 0. The van der Waals surface area contributed by atoms with Gasteiger partial charge >= 0.3 is 5.97 Å². The zero-order valence-corrected chi connectivity index (χ0v) is 15.7. The molecule has 3 N–H and O–H groups in total. The highest BCUT2D eigenvalue weighted by molar-refractivity contribution is 5.72. The lowest BCUT2D eigenvalue weighted by atomic mass is 9.44. The number of fused-ring (bicyclic) bond motifs is 5. The van der Waals surface area contributed by atoms with Gasteiger partial charge in [0.15, 0.2) is 6.10 Å². The van der Waals surface area contributed by atoms with Gasteiger partial charge in [-0.05, 0) is 92.3 Å². The maximum Gasteiger partial charge on any atom is 0.332 e. The van der Waals surface area contributed by atoms with Gasteiger partial charge in [-0.3, -0.25) is 0 Å². The summed E-state index contributed by atoms with van der Waals surface area (Å²) in [5.41, 5.74) is 0.337. The highest BCUT2D eigenvalue weighted by atomic mass is 16.4. The molecular weight excluding hydrogens is 316 g/mol. The molecule has 0 unspecified atom stereocenters. The van der Waals surface area contributed by atoms with Gasteiger partial charge in [-0.2, -0.15) is 0 Å². The van der Waals surface area contributed by atoms with Gasteiger partial charge in [0.1, 0.15) is 0 Å². The maximum atomic E-state index is 11.4. The van der Waals surface area contributed by atoms with Gasteiger partial charge < -0.3 is 15.3 Å². The molecule has 0 aromatic heterocycles. The van der Waals surface area contributed by atoms with E-state index in [4.69, 9.17) is 0 Å². The van der Waals surface area contributed by atoms with Crippen LogP contribution in [0.2, 0.25) is 0 Å². The summed E-state index contributed by atoms with van der Waals surface area (Å²) in [6.45, 7) is 4.73. The van der Waals surface area contributed by atoms with Crippen LogP contribution < -0.4 is 0 Å². The Morgan fingerprint density at radius 1 is 0.960 bits per heavy atom. The van der Waals surface area contributed by atoms with Gasteiger partial charge in [0.05, 0.1) is 6.10 Å². The summed E-state index contributed by atoms with van der Waals surface area (Å²) in [5.74, 6) is 1.48. The van der Waals surface area contributed by atoms with Crippen molar-refractivity contribution in [3.05, 3.63) is 0 Å². The van der Waals surface area contributed by atoms with Crippen LogP contribution >= 0.6 is 0 Å². The summed E-state index contributed by atoms with van der Waals surface area (Å²) in [4.78, 5) is 11.4. The lowest BCUT2D eigenvalue weighted by Crippen LogP contribution is -2.54. The van der Waals surface area contributed by atoms with Crippen LogP contribution in [0.4, 0.5) is 0 Å². The molecule has 0 heterocycles. The number of carboxylic acids is 1. The van der Waals surface area contributed by atoms with Crippen molar-refractivity contribution in [2.24, 2.45) is 40.4 Å². The molecule has 0 amide bonds. The Kier molecular flexibility index (Phi) is 4.23. The van der Waals surface area contributed by atoms with Gasteiger partial charge in [0, 0.05) is 5.92 Å². The number of hydrogen-bond donors (Lipinski definition) is 3. The van der Waals surface area contributed by atoms with Crippen LogP contribution in [0.1, 0.15) is 71.6 Å². The molecule has 0 spiro atoms. The zero-order chi connectivity index (χ0) is 18.0. The molecule has 4 aliphatic rings. The fourth-order valence-electron chi connectivity index (χ4n) is 7.97. The molecule has 4 saturated carbocycles. The summed E-state index contributed by atoms with van der Waals surface area (Å²) in [6, 6.07) is 0. The first-order chi connectivity index (χ1) is 11.8. The Labute approximate surface area is 151 Å². The first-order valence-electron chi connectivity index (χ1n) is 10.4. The van der Waals surface area contributed by atoms with Crippen molar-refractivity contribution in [1.29, 1.82) is 0 Å². The molecule has 0 aromatic rings. The van der Waals surface area contributed by atoms with Crippen LogP contribution in [0.15, 0.2) is 0 Å². The lowest BCUT2D eigenvalue weighted by molar-refractivity contribution is -0.158. The van der Waals surface area contributed by atoms with E-state index in [0.29, 0.717) is 23.2 Å². The van der Waals surface area contributed by atoms with Crippen LogP contribution in [0.5, 0.6) is 0 Å². The predicted molar refractivity (Wildman–Crippen MR) is 94.9 cm³/mol. The minimum absolute atomic E-state index is 0.0175. The fraction of sp³-hybridized carbons (Fsp3) is 0.952. The zero-order valence-electron chi connectivity index (χ0n) is 15.7. The number of aliphatic hydroxyl groups is 2. The molecule has 4 nitrogen and oxygen atoms in total. The minimum Gasteiger partial charge on any atom is -0.479 e. The van der Waals surface area contributed by atoms with Crippen molar-refractivity contribution in [2.45, 2.75) is 83.8 Å². The van der Waals surface area contributed by atoms with Crippen molar-refractivity contribution >= 4 is 5.97 Å². The second-order valence-electron chi connectivity index (χ2n) is 10.1. The van der Waals surface area contributed by atoms with Crippen LogP contribution in [0.25, 0.3) is 0 Å². The quantitative estimate of drug-likeness (QED) is 0.713. The van der Waals surface area contributed by atoms with Crippen molar-refractivity contribution in [2.75, 3.05) is 0 Å². The molecule has 0 aliphatic heterocycles. The number of rotatable bonds is 2. The van der Waals surface area contributed by atoms with E-state index in [9.17, 15) is 20.1 Å². The normalized spacial score (nSPS) is 53.4. The van der Waals surface area contributed by atoms with E-state index < -0.39 is 12.1 Å². The van der Waals surface area contributed by atoms with Gasteiger partial charge in [-0.25, -0.2) is 4.79 Å². The molecule has 0 saturated heterocycles. The first kappa shape index (κ1) is 17.8. The molecule has 142 valence electrons. The Morgan fingerprint density at radius 2 is 1.64 bits per heavy atom. The van der Waals surface area contributed by atoms with Crippen molar-refractivity contribution in [3.63, 3.8) is 0 Å².